The molecule has 0 heterocycles. The number of para-hydroxylation sites is 3. The van der Waals surface area contributed by atoms with Crippen molar-refractivity contribution in [2.24, 2.45) is 0 Å². The molecule has 0 bridgehead atoms. The van der Waals surface area contributed by atoms with Crippen LogP contribution in [0.5, 0.6) is 17.2 Å². The summed E-state index contributed by atoms with van der Waals surface area (Å²) >= 11 is 0. The molecule has 0 aliphatic carbocycles. The second-order valence-electron chi connectivity index (χ2n) is 5.20. The third-order valence-corrected chi connectivity index (χ3v) is 3.65. The van der Waals surface area contributed by atoms with E-state index in [2.05, 4.69) is 5.32 Å². The number of methoxy groups -OCH3 is 2. The Morgan fingerprint density at radius 3 is 2.17 bits per heavy atom. The fourth-order valence-corrected chi connectivity index (χ4v) is 2.34. The summed E-state index contributed by atoms with van der Waals surface area (Å²) in [6.45, 7) is 2.29. The van der Waals surface area contributed by atoms with Crippen LogP contribution in [0.25, 0.3) is 0 Å². The summed E-state index contributed by atoms with van der Waals surface area (Å²) < 4.78 is 16.4. The largest absolute Gasteiger partial charge is 0.496 e. The molecule has 0 saturated heterocycles. The normalized spacial score (nSPS) is 11.5. The van der Waals surface area contributed by atoms with Gasteiger partial charge in [-0.25, -0.2) is 0 Å². The van der Waals surface area contributed by atoms with Crippen molar-refractivity contribution in [3.63, 3.8) is 0 Å². The summed E-state index contributed by atoms with van der Waals surface area (Å²) in [7, 11) is 3.19. The number of amides is 1. The van der Waals surface area contributed by atoms with Crippen LogP contribution in [0.1, 0.15) is 18.9 Å². The summed E-state index contributed by atoms with van der Waals surface area (Å²) in [6.07, 6.45) is -0.0356. The maximum absolute atomic E-state index is 12.4. The van der Waals surface area contributed by atoms with Gasteiger partial charge >= 0.3 is 0 Å². The van der Waals surface area contributed by atoms with Gasteiger partial charge in [-0.15, -0.1) is 0 Å². The van der Waals surface area contributed by atoms with Crippen LogP contribution >= 0.6 is 0 Å². The molecule has 2 aromatic rings. The van der Waals surface area contributed by atoms with E-state index < -0.39 is 6.10 Å². The van der Waals surface area contributed by atoms with Crippen LogP contribution in [-0.2, 0) is 11.3 Å². The molecule has 0 fully saturated rings. The van der Waals surface area contributed by atoms with E-state index in [1.54, 1.807) is 26.4 Å². The molecule has 0 spiro atoms. The third-order valence-electron chi connectivity index (χ3n) is 3.65. The number of carbonyl (C=O) groups is 1. The molecule has 24 heavy (non-hydrogen) atoms. The topological polar surface area (TPSA) is 56.8 Å². The summed E-state index contributed by atoms with van der Waals surface area (Å²) in [5.74, 6) is 1.73. The summed E-state index contributed by atoms with van der Waals surface area (Å²) in [6, 6.07) is 14.9. The van der Waals surface area contributed by atoms with Crippen molar-refractivity contribution in [1.29, 1.82) is 0 Å². The number of nitrogens with one attached hydrogen (secondary N) is 1. The molecule has 0 aromatic heterocycles. The molecule has 0 aliphatic rings. The molecule has 5 nitrogen and oxygen atoms in total. The van der Waals surface area contributed by atoms with Crippen LogP contribution in [0.4, 0.5) is 0 Å². The van der Waals surface area contributed by atoms with E-state index in [1.165, 1.54) is 0 Å². The van der Waals surface area contributed by atoms with Crippen molar-refractivity contribution in [3.8, 4) is 17.2 Å². The highest BCUT2D eigenvalue weighted by Gasteiger charge is 2.20. The van der Waals surface area contributed by atoms with E-state index in [4.69, 9.17) is 14.2 Å². The van der Waals surface area contributed by atoms with Gasteiger partial charge in [-0.3, -0.25) is 4.79 Å². The van der Waals surface area contributed by atoms with Gasteiger partial charge < -0.3 is 19.5 Å². The average molecular weight is 329 g/mol. The van der Waals surface area contributed by atoms with Crippen molar-refractivity contribution in [1.82, 2.24) is 5.32 Å². The molecular weight excluding hydrogens is 306 g/mol. The summed E-state index contributed by atoms with van der Waals surface area (Å²) in [5.41, 5.74) is 0.917. The first-order valence-electron chi connectivity index (χ1n) is 7.88. The molecule has 0 aliphatic heterocycles. The van der Waals surface area contributed by atoms with Crippen LogP contribution in [-0.4, -0.2) is 26.2 Å². The second-order valence-corrected chi connectivity index (χ2v) is 5.20. The predicted octanol–water partition coefficient (Wildman–Crippen LogP) is 3.18. The average Bonchev–Trinajstić information content (AvgIpc) is 2.64. The lowest BCUT2D eigenvalue weighted by atomic mass is 10.2. The lowest BCUT2D eigenvalue weighted by Crippen LogP contribution is -2.37. The molecular formula is C19H23NO4. The molecule has 0 radical (unpaired) electrons. The molecule has 0 unspecified atom stereocenters. The maximum Gasteiger partial charge on any atom is 0.261 e. The highest BCUT2D eigenvalue weighted by Crippen LogP contribution is 2.27. The first-order valence-corrected chi connectivity index (χ1v) is 7.88. The molecule has 1 atom stereocenters. The zero-order valence-corrected chi connectivity index (χ0v) is 14.2. The van der Waals surface area contributed by atoms with Crippen molar-refractivity contribution in [3.05, 3.63) is 54.1 Å². The standard InChI is InChI=1S/C19H23NO4/c1-4-15(24-18-12-8-7-11-17(18)23-3)19(21)20-13-14-9-5-6-10-16(14)22-2/h5-12,15H,4,13H2,1-3H3,(H,20,21)/t15-/m1/s1. The molecule has 2 aromatic carbocycles. The van der Waals surface area contributed by atoms with Crippen LogP contribution in [0, 0.1) is 0 Å². The number of hydrogen-bond acceptors (Lipinski definition) is 4. The van der Waals surface area contributed by atoms with Gasteiger partial charge in [0.1, 0.15) is 5.75 Å². The van der Waals surface area contributed by atoms with Crippen molar-refractivity contribution >= 4 is 5.91 Å². The highest BCUT2D eigenvalue weighted by atomic mass is 16.5. The quantitative estimate of drug-likeness (QED) is 0.808. The van der Waals surface area contributed by atoms with Gasteiger partial charge in [0.15, 0.2) is 17.6 Å². The zero-order valence-electron chi connectivity index (χ0n) is 14.2. The maximum atomic E-state index is 12.4. The van der Waals surface area contributed by atoms with Gasteiger partial charge in [0.05, 0.1) is 14.2 Å². The minimum absolute atomic E-state index is 0.172. The lowest BCUT2D eigenvalue weighted by molar-refractivity contribution is -0.128. The van der Waals surface area contributed by atoms with Crippen LogP contribution < -0.4 is 19.5 Å². The predicted molar refractivity (Wildman–Crippen MR) is 92.5 cm³/mol. The van der Waals surface area contributed by atoms with Gasteiger partial charge in [0.25, 0.3) is 5.91 Å². The Kier molecular flexibility index (Phi) is 6.49. The summed E-state index contributed by atoms with van der Waals surface area (Å²) in [5, 5.41) is 2.90. The lowest BCUT2D eigenvalue weighted by Gasteiger charge is -2.19. The number of hydrogen-bond donors (Lipinski definition) is 1. The van der Waals surface area contributed by atoms with Gasteiger partial charge in [0.2, 0.25) is 0 Å². The SMILES string of the molecule is CC[C@@H](Oc1ccccc1OC)C(=O)NCc1ccccc1OC. The van der Waals surface area contributed by atoms with Crippen molar-refractivity contribution in [2.45, 2.75) is 26.0 Å². The minimum Gasteiger partial charge on any atom is -0.496 e. The molecule has 128 valence electrons. The molecule has 5 heteroatoms. The molecule has 0 saturated carbocycles. The zero-order chi connectivity index (χ0) is 17.4. The number of rotatable bonds is 8. The van der Waals surface area contributed by atoms with Crippen LogP contribution in [0.3, 0.4) is 0 Å². The van der Waals surface area contributed by atoms with Gasteiger partial charge in [0, 0.05) is 12.1 Å². The smallest absolute Gasteiger partial charge is 0.261 e. The van der Waals surface area contributed by atoms with Crippen molar-refractivity contribution in [2.75, 3.05) is 14.2 Å². The van der Waals surface area contributed by atoms with Crippen LogP contribution in [0.2, 0.25) is 0 Å². The van der Waals surface area contributed by atoms with Gasteiger partial charge in [-0.2, -0.15) is 0 Å². The Bertz CT molecular complexity index is 672. The fourth-order valence-electron chi connectivity index (χ4n) is 2.34. The number of carbonyl (C=O) groups excluding carboxylic acids is 1. The monoisotopic (exact) mass is 329 g/mol. The van der Waals surface area contributed by atoms with E-state index >= 15 is 0 Å². The first-order chi connectivity index (χ1) is 11.7. The van der Waals surface area contributed by atoms with Gasteiger partial charge in [-0.05, 0) is 24.6 Å². The fraction of sp³-hybridized carbons (Fsp3) is 0.316. The van der Waals surface area contributed by atoms with E-state index in [-0.39, 0.29) is 5.91 Å². The Hall–Kier alpha value is -2.69. The molecule has 1 amide bonds. The van der Waals surface area contributed by atoms with Crippen LogP contribution in [0.15, 0.2) is 48.5 Å². The Labute approximate surface area is 142 Å². The Balaban J connectivity index is 2.01. The van der Waals surface area contributed by atoms with E-state index in [0.717, 1.165) is 11.3 Å². The van der Waals surface area contributed by atoms with Gasteiger partial charge in [-0.1, -0.05) is 37.3 Å². The first kappa shape index (κ1) is 17.7. The van der Waals surface area contributed by atoms with E-state index in [0.29, 0.717) is 24.5 Å². The number of ether oxygens (including phenoxy) is 3. The molecule has 1 N–H and O–H groups in total. The minimum atomic E-state index is -0.587. The Morgan fingerprint density at radius 2 is 1.54 bits per heavy atom. The third kappa shape index (κ3) is 4.41. The highest BCUT2D eigenvalue weighted by molar-refractivity contribution is 5.81. The summed E-state index contributed by atoms with van der Waals surface area (Å²) in [4.78, 5) is 12.4. The Morgan fingerprint density at radius 1 is 0.958 bits per heavy atom. The second kappa shape index (κ2) is 8.82. The van der Waals surface area contributed by atoms with Crippen molar-refractivity contribution < 1.29 is 19.0 Å². The van der Waals surface area contributed by atoms with E-state index in [9.17, 15) is 4.79 Å². The van der Waals surface area contributed by atoms with E-state index in [1.807, 2.05) is 43.3 Å². The number of benzene rings is 2. The molecule has 2 rings (SSSR count).